The van der Waals surface area contributed by atoms with Gasteiger partial charge in [-0.1, -0.05) is 30.3 Å². The molecule has 0 saturated carbocycles. The average Bonchev–Trinajstić information content (AvgIpc) is 2.23. The Hall–Kier alpha value is -0.670. The first-order chi connectivity index (χ1) is 6.77. The molecule has 1 aromatic carbocycles. The summed E-state index contributed by atoms with van der Waals surface area (Å²) < 4.78 is 11.5. The van der Waals surface area contributed by atoms with Gasteiger partial charge in [0.25, 0.3) is 0 Å². The summed E-state index contributed by atoms with van der Waals surface area (Å²) in [5.41, 5.74) is 1.28. The van der Waals surface area contributed by atoms with Crippen LogP contribution in [0.1, 0.15) is 11.6 Å². The molecule has 1 aromatic rings. The van der Waals surface area contributed by atoms with Crippen molar-refractivity contribution in [1.29, 1.82) is 0 Å². The molecule has 1 fully saturated rings. The second-order valence-corrected chi connectivity index (χ2v) is 5.34. The van der Waals surface area contributed by atoms with Crippen LogP contribution in [0.3, 0.4) is 0 Å². The van der Waals surface area contributed by atoms with Crippen LogP contribution in [0.25, 0.3) is 0 Å². The molecule has 1 aliphatic heterocycles. The Kier molecular flexibility index (Phi) is 2.99. The molecule has 1 saturated heterocycles. The standard InChI is InChI=1S/C11H15NOS/c1-12-7-8-14(13)9-11(12)10-5-3-2-4-6-10/h2-6,11H,7-9H2,1H3. The minimum atomic E-state index is -0.633. The second-order valence-electron chi connectivity index (χ2n) is 3.72. The minimum absolute atomic E-state index is 0.339. The molecule has 0 aliphatic carbocycles. The van der Waals surface area contributed by atoms with Crippen LogP contribution in [0.4, 0.5) is 0 Å². The van der Waals surface area contributed by atoms with Gasteiger partial charge in [0.1, 0.15) is 0 Å². The summed E-state index contributed by atoms with van der Waals surface area (Å²) in [6.45, 7) is 0.937. The normalized spacial score (nSPS) is 28.9. The third-order valence-electron chi connectivity index (χ3n) is 2.73. The van der Waals surface area contributed by atoms with Crippen LogP contribution in [0.15, 0.2) is 30.3 Å². The number of benzene rings is 1. The van der Waals surface area contributed by atoms with Gasteiger partial charge < -0.3 is 0 Å². The topological polar surface area (TPSA) is 20.3 Å². The zero-order valence-corrected chi connectivity index (χ0v) is 9.17. The number of hydrogen-bond donors (Lipinski definition) is 0. The summed E-state index contributed by atoms with van der Waals surface area (Å²) in [5.74, 6) is 1.60. The molecular formula is C11H15NOS. The summed E-state index contributed by atoms with van der Waals surface area (Å²) in [5, 5.41) is 0. The van der Waals surface area contributed by atoms with Crippen LogP contribution in [-0.4, -0.2) is 34.2 Å². The molecule has 1 aliphatic rings. The van der Waals surface area contributed by atoms with Crippen molar-refractivity contribution < 1.29 is 4.21 Å². The molecule has 14 heavy (non-hydrogen) atoms. The zero-order chi connectivity index (χ0) is 9.97. The number of nitrogens with zero attached hydrogens (tertiary/aromatic N) is 1. The summed E-state index contributed by atoms with van der Waals surface area (Å²) in [6.07, 6.45) is 0. The average molecular weight is 209 g/mol. The number of rotatable bonds is 1. The van der Waals surface area contributed by atoms with Crippen LogP contribution in [0.5, 0.6) is 0 Å². The molecule has 0 amide bonds. The highest BCUT2D eigenvalue weighted by molar-refractivity contribution is 7.85. The lowest BCUT2D eigenvalue weighted by Crippen LogP contribution is -2.37. The largest absolute Gasteiger partial charge is 0.298 e. The van der Waals surface area contributed by atoms with Gasteiger partial charge in [-0.05, 0) is 12.6 Å². The highest BCUT2D eigenvalue weighted by Crippen LogP contribution is 2.23. The first-order valence-electron chi connectivity index (χ1n) is 4.87. The van der Waals surface area contributed by atoms with Crippen molar-refractivity contribution in [1.82, 2.24) is 4.90 Å². The van der Waals surface area contributed by atoms with Crippen molar-refractivity contribution in [3.8, 4) is 0 Å². The molecule has 2 atom stereocenters. The third-order valence-corrected chi connectivity index (χ3v) is 4.06. The molecule has 0 N–H and O–H groups in total. The maximum absolute atomic E-state index is 11.5. The lowest BCUT2D eigenvalue weighted by Gasteiger charge is -2.32. The predicted octanol–water partition coefficient (Wildman–Crippen LogP) is 1.42. The minimum Gasteiger partial charge on any atom is -0.298 e. The molecular weight excluding hydrogens is 194 g/mol. The van der Waals surface area contributed by atoms with Crippen molar-refractivity contribution in [3.63, 3.8) is 0 Å². The summed E-state index contributed by atoms with van der Waals surface area (Å²) in [6, 6.07) is 10.7. The molecule has 3 heteroatoms. The van der Waals surface area contributed by atoms with Crippen molar-refractivity contribution in [2.75, 3.05) is 25.1 Å². The third kappa shape index (κ3) is 2.04. The van der Waals surface area contributed by atoms with Gasteiger partial charge in [0, 0.05) is 34.9 Å². The molecule has 0 bridgehead atoms. The lowest BCUT2D eigenvalue weighted by atomic mass is 10.1. The van der Waals surface area contributed by atoms with Gasteiger partial charge in [-0.2, -0.15) is 0 Å². The van der Waals surface area contributed by atoms with Gasteiger partial charge in [-0.15, -0.1) is 0 Å². The molecule has 2 nitrogen and oxygen atoms in total. The van der Waals surface area contributed by atoms with Crippen LogP contribution in [0, 0.1) is 0 Å². The fourth-order valence-corrected chi connectivity index (χ4v) is 3.27. The Bertz CT molecular complexity index is 325. The van der Waals surface area contributed by atoms with E-state index in [1.54, 1.807) is 0 Å². The SMILES string of the molecule is CN1CCS(=O)CC1c1ccccc1. The fourth-order valence-electron chi connectivity index (χ4n) is 1.81. The Morgan fingerprint density at radius 2 is 2.07 bits per heavy atom. The van der Waals surface area contributed by atoms with E-state index in [4.69, 9.17) is 0 Å². The molecule has 0 spiro atoms. The van der Waals surface area contributed by atoms with E-state index in [9.17, 15) is 4.21 Å². The van der Waals surface area contributed by atoms with Crippen molar-refractivity contribution in [3.05, 3.63) is 35.9 Å². The molecule has 2 unspecified atom stereocenters. The molecule has 0 aromatic heterocycles. The van der Waals surface area contributed by atoms with E-state index in [2.05, 4.69) is 24.1 Å². The lowest BCUT2D eigenvalue weighted by molar-refractivity contribution is 0.271. The van der Waals surface area contributed by atoms with E-state index in [1.165, 1.54) is 5.56 Å². The highest BCUT2D eigenvalue weighted by Gasteiger charge is 2.24. The Morgan fingerprint density at radius 1 is 1.36 bits per heavy atom. The summed E-state index contributed by atoms with van der Waals surface area (Å²) in [4.78, 5) is 2.29. The maximum atomic E-state index is 11.5. The summed E-state index contributed by atoms with van der Waals surface area (Å²) >= 11 is 0. The highest BCUT2D eigenvalue weighted by atomic mass is 32.2. The van der Waals surface area contributed by atoms with E-state index < -0.39 is 10.8 Å². The van der Waals surface area contributed by atoms with Crippen molar-refractivity contribution in [2.24, 2.45) is 0 Å². The molecule has 1 heterocycles. The van der Waals surface area contributed by atoms with Gasteiger partial charge in [0.05, 0.1) is 0 Å². The van der Waals surface area contributed by atoms with E-state index in [1.807, 2.05) is 18.2 Å². The zero-order valence-electron chi connectivity index (χ0n) is 8.35. The molecule has 0 radical (unpaired) electrons. The first kappa shape index (κ1) is 9.87. The van der Waals surface area contributed by atoms with E-state index >= 15 is 0 Å². The maximum Gasteiger partial charge on any atom is 0.0460 e. The van der Waals surface area contributed by atoms with Gasteiger partial charge in [-0.3, -0.25) is 9.11 Å². The van der Waals surface area contributed by atoms with Crippen LogP contribution < -0.4 is 0 Å². The van der Waals surface area contributed by atoms with Gasteiger partial charge in [0.15, 0.2) is 0 Å². The van der Waals surface area contributed by atoms with Gasteiger partial charge >= 0.3 is 0 Å². The molecule has 76 valence electrons. The monoisotopic (exact) mass is 209 g/mol. The summed E-state index contributed by atoms with van der Waals surface area (Å²) in [7, 11) is 1.47. The van der Waals surface area contributed by atoms with Gasteiger partial charge in [0.2, 0.25) is 0 Å². The number of hydrogen-bond acceptors (Lipinski definition) is 2. The Morgan fingerprint density at radius 3 is 2.79 bits per heavy atom. The van der Waals surface area contributed by atoms with E-state index in [-0.39, 0.29) is 0 Å². The molecule has 2 rings (SSSR count). The Labute approximate surface area is 87.4 Å². The van der Waals surface area contributed by atoms with E-state index in [0.29, 0.717) is 6.04 Å². The first-order valence-corrected chi connectivity index (χ1v) is 6.36. The van der Waals surface area contributed by atoms with Crippen LogP contribution in [0.2, 0.25) is 0 Å². The smallest absolute Gasteiger partial charge is 0.0460 e. The van der Waals surface area contributed by atoms with Crippen molar-refractivity contribution >= 4 is 10.8 Å². The Balaban J connectivity index is 2.20. The van der Waals surface area contributed by atoms with Crippen molar-refractivity contribution in [2.45, 2.75) is 6.04 Å². The van der Waals surface area contributed by atoms with Gasteiger partial charge in [-0.25, -0.2) is 0 Å². The van der Waals surface area contributed by atoms with E-state index in [0.717, 1.165) is 18.1 Å². The quantitative estimate of drug-likeness (QED) is 0.697. The second kappa shape index (κ2) is 4.24. The van der Waals surface area contributed by atoms with Crippen LogP contribution >= 0.6 is 0 Å². The van der Waals surface area contributed by atoms with Crippen LogP contribution in [-0.2, 0) is 10.8 Å². The fraction of sp³-hybridized carbons (Fsp3) is 0.455. The predicted molar refractivity (Wildman–Crippen MR) is 59.7 cm³/mol.